The van der Waals surface area contributed by atoms with Crippen molar-refractivity contribution in [2.24, 2.45) is 0 Å². The monoisotopic (exact) mass is 158 g/mol. The first kappa shape index (κ1) is 7.17. The first-order chi connectivity index (χ1) is 5.86. The molecular weight excluding hydrogens is 148 g/mol. The Hall–Kier alpha value is -1.50. The van der Waals surface area contributed by atoms with Gasteiger partial charge in [0, 0.05) is 0 Å². The van der Waals surface area contributed by atoms with Crippen molar-refractivity contribution in [2.75, 3.05) is 0 Å². The highest BCUT2D eigenvalue weighted by Gasteiger charge is 2.00. The maximum absolute atomic E-state index is 9.23. The van der Waals surface area contributed by atoms with Crippen LogP contribution in [0.4, 0.5) is 0 Å². The Morgan fingerprint density at radius 1 is 1.17 bits per heavy atom. The van der Waals surface area contributed by atoms with Gasteiger partial charge in [-0.2, -0.15) is 0 Å². The zero-order valence-electron chi connectivity index (χ0n) is 6.70. The van der Waals surface area contributed by atoms with Crippen LogP contribution >= 0.6 is 0 Å². The van der Waals surface area contributed by atoms with Crippen LogP contribution in [0.25, 0.3) is 6.08 Å². The van der Waals surface area contributed by atoms with Crippen LogP contribution < -0.4 is 0 Å². The second-order valence-corrected chi connectivity index (χ2v) is 2.87. The predicted molar refractivity (Wildman–Crippen MR) is 50.0 cm³/mol. The average molecular weight is 158 g/mol. The van der Waals surface area contributed by atoms with Crippen LogP contribution in [0.5, 0.6) is 5.75 Å². The lowest BCUT2D eigenvalue weighted by molar-refractivity contribution is 0.475. The number of hydrogen-bond donors (Lipinski definition) is 1. The van der Waals surface area contributed by atoms with Gasteiger partial charge >= 0.3 is 0 Å². The summed E-state index contributed by atoms with van der Waals surface area (Å²) < 4.78 is 0. The number of allylic oxidation sites excluding steroid dienone is 3. The third-order valence-corrected chi connectivity index (χ3v) is 1.99. The highest BCUT2D eigenvalue weighted by atomic mass is 16.3. The van der Waals surface area contributed by atoms with Gasteiger partial charge in [-0.15, -0.1) is 0 Å². The van der Waals surface area contributed by atoms with Gasteiger partial charge in [-0.3, -0.25) is 0 Å². The number of rotatable bonds is 0. The lowest BCUT2D eigenvalue weighted by atomic mass is 10.1. The van der Waals surface area contributed by atoms with Crippen molar-refractivity contribution in [1.82, 2.24) is 0 Å². The van der Waals surface area contributed by atoms with E-state index in [9.17, 15) is 5.11 Å². The second-order valence-electron chi connectivity index (χ2n) is 2.87. The Kier molecular flexibility index (Phi) is 1.71. The van der Waals surface area contributed by atoms with E-state index in [0.717, 1.165) is 12.0 Å². The summed E-state index contributed by atoms with van der Waals surface area (Å²) in [6.45, 7) is 0. The Bertz CT molecular complexity index is 348. The molecular formula is C11H10O. The lowest BCUT2D eigenvalue weighted by Gasteiger charge is -2.01. The molecule has 1 aliphatic carbocycles. The fourth-order valence-electron chi connectivity index (χ4n) is 1.36. The average Bonchev–Trinajstić information content (AvgIpc) is 2.28. The fraction of sp³-hybridized carbons (Fsp3) is 0.0909. The highest BCUT2D eigenvalue weighted by Crippen LogP contribution is 2.20. The predicted octanol–water partition coefficient (Wildman–Crippen LogP) is 2.52. The number of benzene rings is 1. The molecule has 0 fully saturated rings. The molecule has 1 N–H and O–H groups in total. The van der Waals surface area contributed by atoms with E-state index in [4.69, 9.17) is 0 Å². The van der Waals surface area contributed by atoms with Crippen LogP contribution in [0, 0.1) is 0 Å². The van der Waals surface area contributed by atoms with Crippen LogP contribution in [-0.4, -0.2) is 5.11 Å². The minimum Gasteiger partial charge on any atom is -0.508 e. The molecule has 1 aromatic carbocycles. The van der Waals surface area contributed by atoms with Gasteiger partial charge in [0.25, 0.3) is 0 Å². The van der Waals surface area contributed by atoms with Gasteiger partial charge in [0.2, 0.25) is 0 Å². The van der Waals surface area contributed by atoms with Gasteiger partial charge < -0.3 is 5.11 Å². The third kappa shape index (κ3) is 1.26. The summed E-state index contributed by atoms with van der Waals surface area (Å²) in [4.78, 5) is 0. The maximum Gasteiger partial charge on any atom is 0.116 e. The fourth-order valence-corrected chi connectivity index (χ4v) is 1.36. The van der Waals surface area contributed by atoms with Crippen molar-refractivity contribution in [3.63, 3.8) is 0 Å². The molecule has 0 saturated carbocycles. The molecule has 0 atom stereocenters. The summed E-state index contributed by atoms with van der Waals surface area (Å²) in [6.07, 6.45) is 9.09. The van der Waals surface area contributed by atoms with Crippen molar-refractivity contribution in [2.45, 2.75) is 6.42 Å². The SMILES string of the molecule is Oc1ccc2c(c1)C=CC=CC2. The first-order valence-electron chi connectivity index (χ1n) is 4.01. The van der Waals surface area contributed by atoms with Crippen molar-refractivity contribution < 1.29 is 5.11 Å². The Morgan fingerprint density at radius 2 is 2.08 bits per heavy atom. The first-order valence-corrected chi connectivity index (χ1v) is 4.01. The zero-order chi connectivity index (χ0) is 8.39. The molecule has 0 aromatic heterocycles. The topological polar surface area (TPSA) is 20.2 Å². The van der Waals surface area contributed by atoms with Gasteiger partial charge in [-0.1, -0.05) is 30.4 Å². The molecule has 0 bridgehead atoms. The lowest BCUT2D eigenvalue weighted by Crippen LogP contribution is -1.84. The van der Waals surface area contributed by atoms with E-state index in [1.54, 1.807) is 12.1 Å². The number of aromatic hydroxyl groups is 1. The molecule has 0 amide bonds. The van der Waals surface area contributed by atoms with Gasteiger partial charge in [0.15, 0.2) is 0 Å². The van der Waals surface area contributed by atoms with Gasteiger partial charge in [-0.05, 0) is 29.7 Å². The van der Waals surface area contributed by atoms with Crippen LogP contribution in [-0.2, 0) is 6.42 Å². The second kappa shape index (κ2) is 2.86. The molecule has 0 radical (unpaired) electrons. The summed E-state index contributed by atoms with van der Waals surface area (Å²) in [6, 6.07) is 5.48. The molecule has 1 nitrogen and oxygen atoms in total. The van der Waals surface area contributed by atoms with Crippen molar-refractivity contribution in [3.8, 4) is 5.75 Å². The van der Waals surface area contributed by atoms with E-state index >= 15 is 0 Å². The molecule has 1 aliphatic rings. The maximum atomic E-state index is 9.23. The third-order valence-electron chi connectivity index (χ3n) is 1.99. The van der Waals surface area contributed by atoms with Gasteiger partial charge in [-0.25, -0.2) is 0 Å². The minimum absolute atomic E-state index is 0.334. The molecule has 1 heteroatoms. The van der Waals surface area contributed by atoms with Crippen LogP contribution in [0.3, 0.4) is 0 Å². The van der Waals surface area contributed by atoms with E-state index in [1.165, 1.54) is 5.56 Å². The number of phenols is 1. The quantitative estimate of drug-likeness (QED) is 0.615. The number of fused-ring (bicyclic) bond motifs is 1. The normalized spacial score (nSPS) is 14.0. The van der Waals surface area contributed by atoms with E-state index < -0.39 is 0 Å². The largest absolute Gasteiger partial charge is 0.508 e. The van der Waals surface area contributed by atoms with Crippen molar-refractivity contribution in [1.29, 1.82) is 0 Å². The molecule has 0 heterocycles. The molecule has 2 rings (SSSR count). The van der Waals surface area contributed by atoms with E-state index in [0.29, 0.717) is 5.75 Å². The van der Waals surface area contributed by atoms with Gasteiger partial charge in [0.1, 0.15) is 5.75 Å². The smallest absolute Gasteiger partial charge is 0.116 e. The molecule has 0 unspecified atom stereocenters. The van der Waals surface area contributed by atoms with Crippen LogP contribution in [0.2, 0.25) is 0 Å². The summed E-state index contributed by atoms with van der Waals surface area (Å²) in [5.74, 6) is 0.334. The molecule has 1 aromatic rings. The van der Waals surface area contributed by atoms with Gasteiger partial charge in [0.05, 0.1) is 0 Å². The van der Waals surface area contributed by atoms with Crippen molar-refractivity contribution >= 4 is 6.08 Å². The molecule has 0 spiro atoms. The van der Waals surface area contributed by atoms with Crippen molar-refractivity contribution in [3.05, 3.63) is 47.6 Å². The molecule has 60 valence electrons. The molecule has 0 aliphatic heterocycles. The summed E-state index contributed by atoms with van der Waals surface area (Å²) >= 11 is 0. The molecule has 0 saturated heterocycles. The number of hydrogen-bond acceptors (Lipinski definition) is 1. The summed E-state index contributed by atoms with van der Waals surface area (Å²) in [5.41, 5.74) is 2.37. The number of phenolic OH excluding ortho intramolecular Hbond substituents is 1. The standard InChI is InChI=1S/C11H10O/c12-11-7-6-9-4-2-1-3-5-10(9)8-11/h1-3,5-8,12H,4H2. The zero-order valence-corrected chi connectivity index (χ0v) is 6.70. The summed E-state index contributed by atoms with van der Waals surface area (Å²) in [5, 5.41) is 9.23. The highest BCUT2D eigenvalue weighted by molar-refractivity contribution is 5.59. The van der Waals surface area contributed by atoms with Crippen LogP contribution in [0.15, 0.2) is 36.4 Å². The van der Waals surface area contributed by atoms with Crippen LogP contribution in [0.1, 0.15) is 11.1 Å². The Morgan fingerprint density at radius 3 is 3.00 bits per heavy atom. The Labute approximate surface area is 71.7 Å². The molecule has 12 heavy (non-hydrogen) atoms. The van der Waals surface area contributed by atoms with E-state index in [1.807, 2.05) is 24.3 Å². The Balaban J connectivity index is 2.53. The van der Waals surface area contributed by atoms with E-state index in [2.05, 4.69) is 6.08 Å². The van der Waals surface area contributed by atoms with E-state index in [-0.39, 0.29) is 0 Å². The minimum atomic E-state index is 0.334. The summed E-state index contributed by atoms with van der Waals surface area (Å²) in [7, 11) is 0.